The van der Waals surface area contributed by atoms with E-state index in [1.807, 2.05) is 37.3 Å². The largest absolute Gasteiger partial charge is 0.228 e. The molecule has 96 valence electrons. The second-order valence-corrected chi connectivity index (χ2v) is 7.01. The van der Waals surface area contributed by atoms with Crippen molar-refractivity contribution in [2.24, 2.45) is 5.92 Å². The van der Waals surface area contributed by atoms with E-state index in [4.69, 9.17) is 11.6 Å². The number of hydrogen-bond acceptors (Lipinski definition) is 2. The van der Waals surface area contributed by atoms with Gasteiger partial charge in [-0.25, -0.2) is 8.42 Å². The van der Waals surface area contributed by atoms with Crippen LogP contribution in [0.5, 0.6) is 0 Å². The molecular weight excluding hydrogens is 256 g/mol. The minimum atomic E-state index is -2.99. The lowest BCUT2D eigenvalue weighted by Gasteiger charge is -2.09. The summed E-state index contributed by atoms with van der Waals surface area (Å²) in [6.07, 6.45) is 1.57. The van der Waals surface area contributed by atoms with Gasteiger partial charge >= 0.3 is 0 Å². The number of hydrogen-bond donors (Lipinski definition) is 0. The van der Waals surface area contributed by atoms with Crippen molar-refractivity contribution in [3.8, 4) is 0 Å². The lowest BCUT2D eigenvalue weighted by Crippen LogP contribution is -2.12. The normalized spacial score (nSPS) is 13.5. The Kier molecular flexibility index (Phi) is 6.00. The van der Waals surface area contributed by atoms with Crippen LogP contribution in [0, 0.1) is 5.92 Å². The molecule has 0 bridgehead atoms. The summed E-state index contributed by atoms with van der Waals surface area (Å²) in [5.74, 6) is 1.36. The van der Waals surface area contributed by atoms with E-state index in [-0.39, 0.29) is 11.5 Å². The molecule has 0 spiro atoms. The van der Waals surface area contributed by atoms with Gasteiger partial charge < -0.3 is 0 Å². The fourth-order valence-corrected chi connectivity index (χ4v) is 3.59. The Morgan fingerprint density at radius 1 is 1.18 bits per heavy atom. The number of rotatable bonds is 7. The molecule has 0 radical (unpaired) electrons. The molecule has 17 heavy (non-hydrogen) atoms. The van der Waals surface area contributed by atoms with Crippen molar-refractivity contribution in [2.45, 2.75) is 25.5 Å². The highest BCUT2D eigenvalue weighted by Gasteiger charge is 2.13. The molecule has 0 fully saturated rings. The Morgan fingerprint density at radius 2 is 1.82 bits per heavy atom. The standard InChI is InChI=1S/C13H19ClO2S/c1-12(7-9-14)8-10-17(15,16)11-13-5-3-2-4-6-13/h2-6,12H,7-11H2,1H3. The highest BCUT2D eigenvalue weighted by Crippen LogP contribution is 2.13. The van der Waals surface area contributed by atoms with Gasteiger partial charge in [-0.2, -0.15) is 0 Å². The Balaban J connectivity index is 2.47. The predicted octanol–water partition coefficient (Wildman–Crippen LogP) is 3.26. The first-order valence-electron chi connectivity index (χ1n) is 5.84. The maximum atomic E-state index is 11.9. The van der Waals surface area contributed by atoms with Crippen LogP contribution < -0.4 is 0 Å². The molecule has 1 atom stereocenters. The van der Waals surface area contributed by atoms with Crippen LogP contribution in [0.4, 0.5) is 0 Å². The molecule has 0 amide bonds. The van der Waals surface area contributed by atoms with Crippen molar-refractivity contribution in [2.75, 3.05) is 11.6 Å². The topological polar surface area (TPSA) is 34.1 Å². The highest BCUT2D eigenvalue weighted by molar-refractivity contribution is 7.90. The molecule has 1 unspecified atom stereocenters. The minimum Gasteiger partial charge on any atom is -0.228 e. The summed E-state index contributed by atoms with van der Waals surface area (Å²) in [7, 11) is -2.99. The monoisotopic (exact) mass is 274 g/mol. The van der Waals surface area contributed by atoms with E-state index in [0.29, 0.717) is 18.2 Å². The maximum Gasteiger partial charge on any atom is 0.154 e. The molecule has 0 N–H and O–H groups in total. The fourth-order valence-electron chi connectivity index (χ4n) is 1.61. The molecule has 1 aromatic carbocycles. The van der Waals surface area contributed by atoms with Gasteiger partial charge in [0, 0.05) is 5.88 Å². The average Bonchev–Trinajstić information content (AvgIpc) is 2.28. The zero-order chi connectivity index (χ0) is 12.7. The molecule has 4 heteroatoms. The third-order valence-electron chi connectivity index (χ3n) is 2.75. The summed E-state index contributed by atoms with van der Waals surface area (Å²) >= 11 is 5.63. The Hall–Kier alpha value is -0.540. The van der Waals surface area contributed by atoms with Crippen LogP contribution in [-0.4, -0.2) is 20.1 Å². The van der Waals surface area contributed by atoms with Crippen LogP contribution in [0.2, 0.25) is 0 Å². The van der Waals surface area contributed by atoms with Crippen LogP contribution in [0.1, 0.15) is 25.3 Å². The quantitative estimate of drug-likeness (QED) is 0.715. The van der Waals surface area contributed by atoms with Crippen molar-refractivity contribution in [3.05, 3.63) is 35.9 Å². The van der Waals surface area contributed by atoms with Crippen molar-refractivity contribution in [1.29, 1.82) is 0 Å². The van der Waals surface area contributed by atoms with E-state index in [1.54, 1.807) is 0 Å². The zero-order valence-corrected chi connectivity index (χ0v) is 11.7. The van der Waals surface area contributed by atoms with Crippen LogP contribution in [0.3, 0.4) is 0 Å². The molecule has 0 aliphatic carbocycles. The predicted molar refractivity (Wildman–Crippen MR) is 73.1 cm³/mol. The molecule has 0 saturated carbocycles. The first-order valence-corrected chi connectivity index (χ1v) is 8.19. The van der Waals surface area contributed by atoms with Gasteiger partial charge in [-0.1, -0.05) is 37.3 Å². The van der Waals surface area contributed by atoms with Gasteiger partial charge in [0.15, 0.2) is 9.84 Å². The van der Waals surface area contributed by atoms with Gasteiger partial charge in [-0.3, -0.25) is 0 Å². The Labute approximate surface area is 109 Å². The van der Waals surface area contributed by atoms with Gasteiger partial charge in [0.2, 0.25) is 0 Å². The van der Waals surface area contributed by atoms with E-state index in [1.165, 1.54) is 0 Å². The fraction of sp³-hybridized carbons (Fsp3) is 0.538. The molecule has 0 aromatic heterocycles. The van der Waals surface area contributed by atoms with Gasteiger partial charge in [0.05, 0.1) is 11.5 Å². The van der Waals surface area contributed by atoms with Crippen LogP contribution in [0.15, 0.2) is 30.3 Å². The molecule has 1 rings (SSSR count). The molecular formula is C13H19ClO2S. The van der Waals surface area contributed by atoms with Gasteiger partial charge in [-0.05, 0) is 24.3 Å². The van der Waals surface area contributed by atoms with Gasteiger partial charge in [-0.15, -0.1) is 11.6 Å². The van der Waals surface area contributed by atoms with E-state index in [9.17, 15) is 8.42 Å². The zero-order valence-electron chi connectivity index (χ0n) is 10.1. The summed E-state index contributed by atoms with van der Waals surface area (Å²) in [6, 6.07) is 9.31. The Morgan fingerprint density at radius 3 is 2.41 bits per heavy atom. The number of sulfone groups is 1. The average molecular weight is 275 g/mol. The smallest absolute Gasteiger partial charge is 0.154 e. The van der Waals surface area contributed by atoms with Gasteiger partial charge in [0.25, 0.3) is 0 Å². The molecule has 0 aliphatic rings. The molecule has 1 aromatic rings. The van der Waals surface area contributed by atoms with Crippen LogP contribution in [-0.2, 0) is 15.6 Å². The lowest BCUT2D eigenvalue weighted by atomic mass is 10.1. The first-order chi connectivity index (χ1) is 8.03. The molecule has 2 nitrogen and oxygen atoms in total. The molecule has 0 heterocycles. The number of benzene rings is 1. The third kappa shape index (κ3) is 6.08. The van der Waals surface area contributed by atoms with Crippen molar-refractivity contribution in [1.82, 2.24) is 0 Å². The number of alkyl halides is 1. The molecule has 0 aliphatic heterocycles. The minimum absolute atomic E-state index is 0.140. The van der Waals surface area contributed by atoms with Gasteiger partial charge in [0.1, 0.15) is 0 Å². The SMILES string of the molecule is CC(CCCl)CCS(=O)(=O)Cc1ccccc1. The lowest BCUT2D eigenvalue weighted by molar-refractivity contribution is 0.534. The second kappa shape index (κ2) is 7.02. The summed E-state index contributed by atoms with van der Waals surface area (Å²) in [6.45, 7) is 2.04. The Bertz CT molecular complexity index is 414. The van der Waals surface area contributed by atoms with E-state index >= 15 is 0 Å². The first kappa shape index (κ1) is 14.5. The van der Waals surface area contributed by atoms with Crippen LogP contribution in [0.25, 0.3) is 0 Å². The maximum absolute atomic E-state index is 11.9. The molecule has 0 saturated heterocycles. The van der Waals surface area contributed by atoms with Crippen molar-refractivity contribution >= 4 is 21.4 Å². The summed E-state index contributed by atoms with van der Waals surface area (Å²) < 4.78 is 23.8. The number of halogens is 1. The van der Waals surface area contributed by atoms with E-state index in [0.717, 1.165) is 12.0 Å². The summed E-state index contributed by atoms with van der Waals surface area (Å²) in [5.41, 5.74) is 0.859. The van der Waals surface area contributed by atoms with E-state index < -0.39 is 9.84 Å². The van der Waals surface area contributed by atoms with Crippen molar-refractivity contribution < 1.29 is 8.42 Å². The summed E-state index contributed by atoms with van der Waals surface area (Å²) in [5, 5.41) is 0. The van der Waals surface area contributed by atoms with Crippen LogP contribution >= 0.6 is 11.6 Å². The van der Waals surface area contributed by atoms with E-state index in [2.05, 4.69) is 0 Å². The third-order valence-corrected chi connectivity index (χ3v) is 4.60. The summed E-state index contributed by atoms with van der Waals surface area (Å²) in [4.78, 5) is 0. The highest BCUT2D eigenvalue weighted by atomic mass is 35.5. The van der Waals surface area contributed by atoms with Crippen molar-refractivity contribution in [3.63, 3.8) is 0 Å². The second-order valence-electron chi connectivity index (χ2n) is 4.45.